The predicted molar refractivity (Wildman–Crippen MR) is 78.1 cm³/mol. The van der Waals surface area contributed by atoms with E-state index in [1.54, 1.807) is 0 Å². The summed E-state index contributed by atoms with van der Waals surface area (Å²) >= 11 is 0. The van der Waals surface area contributed by atoms with Gasteiger partial charge in [-0.2, -0.15) is 0 Å². The van der Waals surface area contributed by atoms with Crippen molar-refractivity contribution in [2.75, 3.05) is 19.6 Å². The highest BCUT2D eigenvalue weighted by Crippen LogP contribution is 2.21. The summed E-state index contributed by atoms with van der Waals surface area (Å²) in [5.41, 5.74) is 0. The van der Waals surface area contributed by atoms with E-state index in [4.69, 9.17) is 0 Å². The van der Waals surface area contributed by atoms with Crippen LogP contribution >= 0.6 is 0 Å². The molecule has 0 aromatic carbocycles. The number of unbranched alkanes of at least 4 members (excludes halogenated alkanes) is 2. The van der Waals surface area contributed by atoms with Crippen molar-refractivity contribution in [3.8, 4) is 0 Å². The van der Waals surface area contributed by atoms with Crippen LogP contribution in [0.5, 0.6) is 0 Å². The maximum Gasteiger partial charge on any atom is 0.237 e. The summed E-state index contributed by atoms with van der Waals surface area (Å²) in [4.78, 5) is 14.5. The Hall–Kier alpha value is -0.610. The van der Waals surface area contributed by atoms with Crippen LogP contribution in [-0.2, 0) is 4.79 Å². The van der Waals surface area contributed by atoms with Crippen molar-refractivity contribution in [2.24, 2.45) is 0 Å². The van der Waals surface area contributed by atoms with Gasteiger partial charge in [-0.05, 0) is 32.6 Å². The molecule has 2 saturated heterocycles. The lowest BCUT2D eigenvalue weighted by atomic mass is 10.1. The molecule has 2 fully saturated rings. The van der Waals surface area contributed by atoms with Crippen molar-refractivity contribution in [2.45, 2.75) is 70.5 Å². The normalized spacial score (nSPS) is 28.9. The van der Waals surface area contributed by atoms with Crippen molar-refractivity contribution in [1.82, 2.24) is 15.5 Å². The molecule has 2 bridgehead atoms. The second-order valence-electron chi connectivity index (χ2n) is 6.10. The van der Waals surface area contributed by atoms with Gasteiger partial charge in [0.2, 0.25) is 5.91 Å². The van der Waals surface area contributed by atoms with E-state index in [1.807, 2.05) is 6.92 Å². The molecule has 0 aromatic rings. The summed E-state index contributed by atoms with van der Waals surface area (Å²) < 4.78 is 0. The quantitative estimate of drug-likeness (QED) is 0.717. The van der Waals surface area contributed by atoms with Crippen molar-refractivity contribution in [1.29, 1.82) is 0 Å². The number of amides is 1. The fraction of sp³-hybridized carbons (Fsp3) is 0.933. The van der Waals surface area contributed by atoms with Crippen molar-refractivity contribution in [3.63, 3.8) is 0 Å². The fourth-order valence-electron chi connectivity index (χ4n) is 3.22. The Labute approximate surface area is 117 Å². The molecule has 2 heterocycles. The molecule has 3 atom stereocenters. The van der Waals surface area contributed by atoms with Crippen LogP contribution in [0, 0.1) is 0 Å². The molecule has 2 aliphatic heterocycles. The van der Waals surface area contributed by atoms with Gasteiger partial charge in [-0.1, -0.05) is 19.8 Å². The van der Waals surface area contributed by atoms with Crippen LogP contribution in [0.4, 0.5) is 0 Å². The number of rotatable bonds is 6. The highest BCUT2D eigenvalue weighted by atomic mass is 16.2. The molecule has 2 aliphatic rings. The number of hydrogen-bond donors (Lipinski definition) is 2. The fourth-order valence-corrected chi connectivity index (χ4v) is 3.22. The zero-order valence-electron chi connectivity index (χ0n) is 12.5. The highest BCUT2D eigenvalue weighted by Gasteiger charge is 2.32. The molecule has 0 saturated carbocycles. The molecule has 0 aromatic heterocycles. The summed E-state index contributed by atoms with van der Waals surface area (Å²) in [6, 6.07) is 1.31. The average molecular weight is 267 g/mol. The molecule has 2 rings (SSSR count). The lowest BCUT2D eigenvalue weighted by Crippen LogP contribution is -2.48. The van der Waals surface area contributed by atoms with Gasteiger partial charge in [0, 0.05) is 31.7 Å². The van der Waals surface area contributed by atoms with Crippen LogP contribution in [0.15, 0.2) is 0 Å². The van der Waals surface area contributed by atoms with E-state index in [-0.39, 0.29) is 11.9 Å². The topological polar surface area (TPSA) is 44.4 Å². The van der Waals surface area contributed by atoms with Crippen molar-refractivity contribution in [3.05, 3.63) is 0 Å². The van der Waals surface area contributed by atoms with Gasteiger partial charge in [-0.15, -0.1) is 0 Å². The third kappa shape index (κ3) is 4.18. The van der Waals surface area contributed by atoms with Gasteiger partial charge in [0.25, 0.3) is 0 Å². The molecule has 0 aliphatic carbocycles. The molecule has 3 unspecified atom stereocenters. The highest BCUT2D eigenvalue weighted by molar-refractivity contribution is 5.81. The van der Waals surface area contributed by atoms with Gasteiger partial charge in [0.05, 0.1) is 6.04 Å². The predicted octanol–water partition coefficient (Wildman–Crippen LogP) is 1.51. The maximum absolute atomic E-state index is 12.2. The van der Waals surface area contributed by atoms with Gasteiger partial charge in [-0.25, -0.2) is 0 Å². The molecule has 19 heavy (non-hydrogen) atoms. The number of nitrogens with one attached hydrogen (secondary N) is 2. The zero-order valence-corrected chi connectivity index (χ0v) is 12.5. The third-order valence-corrected chi connectivity index (χ3v) is 4.56. The first-order valence-electron chi connectivity index (χ1n) is 7.98. The molecule has 0 spiro atoms. The third-order valence-electron chi connectivity index (χ3n) is 4.56. The van der Waals surface area contributed by atoms with Gasteiger partial charge in [-0.3, -0.25) is 9.69 Å². The number of carbonyl (C=O) groups excluding carboxylic acids is 1. The minimum atomic E-state index is 0.0165. The van der Waals surface area contributed by atoms with Gasteiger partial charge >= 0.3 is 0 Å². The van der Waals surface area contributed by atoms with Crippen LogP contribution in [0.3, 0.4) is 0 Å². The number of nitrogens with zero attached hydrogens (tertiary/aromatic N) is 1. The number of likely N-dealkylation sites (tertiary alicyclic amines) is 1. The number of carbonyl (C=O) groups is 1. The van der Waals surface area contributed by atoms with Crippen LogP contribution in [0.2, 0.25) is 0 Å². The van der Waals surface area contributed by atoms with Crippen LogP contribution in [0.25, 0.3) is 0 Å². The van der Waals surface area contributed by atoms with Gasteiger partial charge in [0.1, 0.15) is 0 Å². The van der Waals surface area contributed by atoms with Crippen LogP contribution in [0.1, 0.15) is 52.4 Å². The summed E-state index contributed by atoms with van der Waals surface area (Å²) in [5.74, 6) is 0.203. The van der Waals surface area contributed by atoms with Crippen molar-refractivity contribution >= 4 is 5.91 Å². The number of hydrogen-bond acceptors (Lipinski definition) is 3. The Bertz CT molecular complexity index is 295. The van der Waals surface area contributed by atoms with E-state index in [2.05, 4.69) is 22.5 Å². The van der Waals surface area contributed by atoms with E-state index in [1.165, 1.54) is 32.1 Å². The lowest BCUT2D eigenvalue weighted by molar-refractivity contribution is -0.126. The monoisotopic (exact) mass is 267 g/mol. The summed E-state index contributed by atoms with van der Waals surface area (Å²) in [6.07, 6.45) is 7.27. The first-order valence-corrected chi connectivity index (χ1v) is 7.98. The van der Waals surface area contributed by atoms with E-state index in [0.717, 1.165) is 26.1 Å². The van der Waals surface area contributed by atoms with E-state index < -0.39 is 0 Å². The Morgan fingerprint density at radius 1 is 1.32 bits per heavy atom. The van der Waals surface area contributed by atoms with E-state index in [9.17, 15) is 4.79 Å². The molecule has 0 radical (unpaired) electrons. The van der Waals surface area contributed by atoms with E-state index in [0.29, 0.717) is 12.1 Å². The molecule has 2 N–H and O–H groups in total. The van der Waals surface area contributed by atoms with Crippen LogP contribution in [-0.4, -0.2) is 48.6 Å². The Morgan fingerprint density at radius 2 is 2.11 bits per heavy atom. The SMILES string of the molecule is CCCCCNC(=O)C(C)N1CCC2CCC(C1)N2. The second-order valence-corrected chi connectivity index (χ2v) is 6.10. The first kappa shape index (κ1) is 14.8. The van der Waals surface area contributed by atoms with Gasteiger partial charge < -0.3 is 10.6 Å². The summed E-state index contributed by atoms with van der Waals surface area (Å²) in [5, 5.41) is 6.74. The molecule has 110 valence electrons. The Kier molecular flexibility index (Phi) is 5.64. The molecule has 1 amide bonds. The molecule has 4 heteroatoms. The van der Waals surface area contributed by atoms with Crippen molar-refractivity contribution < 1.29 is 4.79 Å². The first-order chi connectivity index (χ1) is 9.20. The largest absolute Gasteiger partial charge is 0.355 e. The number of fused-ring (bicyclic) bond motifs is 2. The molecule has 4 nitrogen and oxygen atoms in total. The smallest absolute Gasteiger partial charge is 0.237 e. The van der Waals surface area contributed by atoms with Crippen LogP contribution < -0.4 is 10.6 Å². The minimum Gasteiger partial charge on any atom is -0.355 e. The summed E-state index contributed by atoms with van der Waals surface area (Å²) in [7, 11) is 0. The Morgan fingerprint density at radius 3 is 2.89 bits per heavy atom. The Balaban J connectivity index is 1.75. The average Bonchev–Trinajstić information content (AvgIpc) is 2.73. The lowest BCUT2D eigenvalue weighted by Gasteiger charge is -2.29. The minimum absolute atomic E-state index is 0.0165. The zero-order chi connectivity index (χ0) is 13.7. The standard InChI is InChI=1S/C15H29N3O/c1-3-4-5-9-16-15(19)12(2)18-10-8-13-6-7-14(11-18)17-13/h12-14,17H,3-11H2,1-2H3,(H,16,19). The molecular weight excluding hydrogens is 238 g/mol. The van der Waals surface area contributed by atoms with E-state index >= 15 is 0 Å². The second kappa shape index (κ2) is 7.25. The molecular formula is C15H29N3O. The summed E-state index contributed by atoms with van der Waals surface area (Å²) in [6.45, 7) is 7.14. The van der Waals surface area contributed by atoms with Gasteiger partial charge in [0.15, 0.2) is 0 Å². The maximum atomic E-state index is 12.2.